The van der Waals surface area contributed by atoms with E-state index in [0.717, 1.165) is 24.6 Å². The number of carbonyl (C=O) groups is 1. The van der Waals surface area contributed by atoms with Crippen molar-refractivity contribution in [1.82, 2.24) is 0 Å². The molecular formula is C12H13F3O3. The highest BCUT2D eigenvalue weighted by Gasteiger charge is 2.31. The lowest BCUT2D eigenvalue weighted by molar-refractivity contribution is -0.137. The van der Waals surface area contributed by atoms with Gasteiger partial charge >= 0.3 is 12.1 Å². The predicted octanol–water partition coefficient (Wildman–Crippen LogP) is 3.58. The molecule has 1 rings (SSSR count). The van der Waals surface area contributed by atoms with Crippen LogP contribution in [0.4, 0.5) is 13.2 Å². The van der Waals surface area contributed by atoms with Crippen LogP contribution in [0.1, 0.15) is 35.7 Å². The van der Waals surface area contributed by atoms with Gasteiger partial charge in [0.05, 0.1) is 12.2 Å². The molecule has 0 aliphatic carbocycles. The Bertz CT molecular complexity index is 427. The van der Waals surface area contributed by atoms with Crippen LogP contribution in [0.15, 0.2) is 18.2 Å². The smallest absolute Gasteiger partial charge is 0.416 e. The molecule has 0 fully saturated rings. The lowest BCUT2D eigenvalue weighted by Crippen LogP contribution is -2.09. The molecule has 100 valence electrons. The molecule has 0 spiro atoms. The van der Waals surface area contributed by atoms with Gasteiger partial charge in [-0.1, -0.05) is 13.3 Å². The van der Waals surface area contributed by atoms with Crippen LogP contribution in [0.25, 0.3) is 0 Å². The summed E-state index contributed by atoms with van der Waals surface area (Å²) < 4.78 is 42.6. The molecule has 1 aromatic carbocycles. The van der Waals surface area contributed by atoms with Crippen LogP contribution in [-0.4, -0.2) is 17.7 Å². The van der Waals surface area contributed by atoms with Gasteiger partial charge in [-0.05, 0) is 24.6 Å². The summed E-state index contributed by atoms with van der Waals surface area (Å²) in [4.78, 5) is 10.9. The maximum Gasteiger partial charge on any atom is 0.416 e. The number of carboxylic acid groups (broad SMARTS) is 1. The van der Waals surface area contributed by atoms with Gasteiger partial charge in [0.1, 0.15) is 11.3 Å². The Hall–Kier alpha value is -1.72. The van der Waals surface area contributed by atoms with Gasteiger partial charge in [-0.25, -0.2) is 4.79 Å². The van der Waals surface area contributed by atoms with Crippen LogP contribution in [0.2, 0.25) is 0 Å². The zero-order chi connectivity index (χ0) is 13.8. The largest absolute Gasteiger partial charge is 0.493 e. The van der Waals surface area contributed by atoms with Crippen molar-refractivity contribution < 1.29 is 27.8 Å². The van der Waals surface area contributed by atoms with Crippen molar-refractivity contribution in [3.63, 3.8) is 0 Å². The van der Waals surface area contributed by atoms with Crippen LogP contribution in [0.3, 0.4) is 0 Å². The molecule has 0 saturated carbocycles. The summed E-state index contributed by atoms with van der Waals surface area (Å²) in [6, 6.07) is 2.36. The van der Waals surface area contributed by atoms with Crippen molar-refractivity contribution in [2.45, 2.75) is 25.9 Å². The summed E-state index contributed by atoms with van der Waals surface area (Å²) in [5, 5.41) is 8.85. The molecule has 0 aromatic heterocycles. The van der Waals surface area contributed by atoms with E-state index < -0.39 is 17.7 Å². The van der Waals surface area contributed by atoms with Crippen molar-refractivity contribution in [3.8, 4) is 5.75 Å². The average molecular weight is 262 g/mol. The maximum atomic E-state index is 12.5. The Morgan fingerprint density at radius 3 is 2.56 bits per heavy atom. The van der Waals surface area contributed by atoms with E-state index in [1.165, 1.54) is 0 Å². The first kappa shape index (κ1) is 14.3. The molecule has 0 aliphatic heterocycles. The molecule has 1 aromatic rings. The first-order valence-electron chi connectivity index (χ1n) is 5.43. The van der Waals surface area contributed by atoms with Gasteiger partial charge in [0.25, 0.3) is 0 Å². The van der Waals surface area contributed by atoms with Crippen molar-refractivity contribution >= 4 is 5.97 Å². The summed E-state index contributed by atoms with van der Waals surface area (Å²) in [6.45, 7) is 2.09. The van der Waals surface area contributed by atoms with E-state index in [1.54, 1.807) is 0 Å². The first-order valence-corrected chi connectivity index (χ1v) is 5.43. The van der Waals surface area contributed by atoms with E-state index in [4.69, 9.17) is 9.84 Å². The number of ether oxygens (including phenoxy) is 1. The number of hydrogen-bond acceptors (Lipinski definition) is 2. The Morgan fingerprint density at radius 1 is 1.39 bits per heavy atom. The summed E-state index contributed by atoms with van der Waals surface area (Å²) in [6.07, 6.45) is -3.06. The lowest BCUT2D eigenvalue weighted by atomic mass is 10.1. The Balaban J connectivity index is 3.04. The van der Waals surface area contributed by atoms with Crippen molar-refractivity contribution in [2.75, 3.05) is 6.61 Å². The molecule has 18 heavy (non-hydrogen) atoms. The fourth-order valence-corrected chi connectivity index (χ4v) is 1.32. The second-order valence-electron chi connectivity index (χ2n) is 3.72. The molecule has 0 radical (unpaired) electrons. The molecule has 1 N–H and O–H groups in total. The second-order valence-corrected chi connectivity index (χ2v) is 3.72. The maximum absolute atomic E-state index is 12.5. The topological polar surface area (TPSA) is 46.5 Å². The monoisotopic (exact) mass is 262 g/mol. The van der Waals surface area contributed by atoms with E-state index in [0.29, 0.717) is 6.42 Å². The molecule has 6 heteroatoms. The fraction of sp³-hybridized carbons (Fsp3) is 0.417. The number of halogens is 3. The van der Waals surface area contributed by atoms with Crippen molar-refractivity contribution in [3.05, 3.63) is 29.3 Å². The van der Waals surface area contributed by atoms with E-state index in [1.807, 2.05) is 6.92 Å². The SMILES string of the molecule is CCCCOc1cc(C(F)(F)F)ccc1C(=O)O. The number of rotatable bonds is 5. The Labute approximate surface area is 102 Å². The highest BCUT2D eigenvalue weighted by Crippen LogP contribution is 2.33. The molecule has 0 heterocycles. The van der Waals surface area contributed by atoms with Crippen LogP contribution in [-0.2, 0) is 6.18 Å². The minimum atomic E-state index is -4.51. The summed E-state index contributed by atoms with van der Waals surface area (Å²) in [5.41, 5.74) is -1.18. The number of alkyl halides is 3. The standard InChI is InChI=1S/C12H13F3O3/c1-2-3-6-18-10-7-8(12(13,14)15)4-5-9(10)11(16)17/h4-5,7H,2-3,6H2,1H3,(H,16,17). The van der Waals surface area contributed by atoms with Crippen LogP contribution < -0.4 is 4.74 Å². The number of benzene rings is 1. The lowest BCUT2D eigenvalue weighted by Gasteiger charge is -2.12. The Kier molecular flexibility index (Phi) is 4.58. The van der Waals surface area contributed by atoms with Crippen molar-refractivity contribution in [1.29, 1.82) is 0 Å². The number of unbranched alkanes of at least 4 members (excludes halogenated alkanes) is 1. The Morgan fingerprint density at radius 2 is 2.06 bits per heavy atom. The average Bonchev–Trinajstić information content (AvgIpc) is 2.27. The number of aromatic carboxylic acids is 1. The molecule has 0 aliphatic rings. The number of hydrogen-bond donors (Lipinski definition) is 1. The van der Waals surface area contributed by atoms with Gasteiger partial charge in [0.15, 0.2) is 0 Å². The van der Waals surface area contributed by atoms with Crippen LogP contribution in [0, 0.1) is 0 Å². The molecule has 0 amide bonds. The molecule has 0 unspecified atom stereocenters. The van der Waals surface area contributed by atoms with E-state index in [-0.39, 0.29) is 17.9 Å². The second kappa shape index (κ2) is 5.75. The highest BCUT2D eigenvalue weighted by molar-refractivity contribution is 5.91. The minimum Gasteiger partial charge on any atom is -0.493 e. The molecule has 3 nitrogen and oxygen atoms in total. The summed E-state index contributed by atoms with van der Waals surface area (Å²) in [5.74, 6) is -1.55. The van der Waals surface area contributed by atoms with Gasteiger partial charge in [0.2, 0.25) is 0 Å². The van der Waals surface area contributed by atoms with Crippen LogP contribution in [0.5, 0.6) is 5.75 Å². The van der Waals surface area contributed by atoms with E-state index >= 15 is 0 Å². The first-order chi connectivity index (χ1) is 8.36. The van der Waals surface area contributed by atoms with Gasteiger partial charge in [0, 0.05) is 0 Å². The third-order valence-electron chi connectivity index (χ3n) is 2.29. The van der Waals surface area contributed by atoms with Gasteiger partial charge < -0.3 is 9.84 Å². The molecule has 0 saturated heterocycles. The third kappa shape index (κ3) is 3.65. The summed E-state index contributed by atoms with van der Waals surface area (Å²) >= 11 is 0. The van der Waals surface area contributed by atoms with Crippen molar-refractivity contribution in [2.24, 2.45) is 0 Å². The van der Waals surface area contributed by atoms with Gasteiger partial charge in [-0.15, -0.1) is 0 Å². The zero-order valence-corrected chi connectivity index (χ0v) is 9.75. The molecule has 0 atom stereocenters. The third-order valence-corrected chi connectivity index (χ3v) is 2.29. The van der Waals surface area contributed by atoms with E-state index in [9.17, 15) is 18.0 Å². The molecule has 0 bridgehead atoms. The minimum absolute atomic E-state index is 0.193. The molecular weight excluding hydrogens is 249 g/mol. The van der Waals surface area contributed by atoms with Gasteiger partial charge in [-0.2, -0.15) is 13.2 Å². The zero-order valence-electron chi connectivity index (χ0n) is 9.75. The predicted molar refractivity (Wildman–Crippen MR) is 58.8 cm³/mol. The van der Waals surface area contributed by atoms with Gasteiger partial charge in [-0.3, -0.25) is 0 Å². The van der Waals surface area contributed by atoms with Crippen LogP contribution >= 0.6 is 0 Å². The quantitative estimate of drug-likeness (QED) is 0.825. The summed E-state index contributed by atoms with van der Waals surface area (Å²) in [7, 11) is 0. The highest BCUT2D eigenvalue weighted by atomic mass is 19.4. The van der Waals surface area contributed by atoms with E-state index in [2.05, 4.69) is 0 Å². The fourth-order valence-electron chi connectivity index (χ4n) is 1.32. The normalized spacial score (nSPS) is 11.3. The number of carboxylic acids is 1.